The van der Waals surface area contributed by atoms with Gasteiger partial charge in [0, 0.05) is 12.3 Å². The van der Waals surface area contributed by atoms with Gasteiger partial charge in [-0.15, -0.1) is 11.6 Å². The fraction of sp³-hybridized carbons (Fsp3) is 0.976. The number of hydrogen-bond acceptors (Lipinski definition) is 2. The summed E-state index contributed by atoms with van der Waals surface area (Å²) in [6.45, 7) is 4.57. The van der Waals surface area contributed by atoms with Crippen molar-refractivity contribution in [2.75, 3.05) is 11.9 Å². The minimum atomic E-state index is -0.161. The van der Waals surface area contributed by atoms with E-state index in [9.17, 15) is 4.79 Å². The lowest BCUT2D eigenvalue weighted by atomic mass is 10.0. The van der Waals surface area contributed by atoms with Gasteiger partial charge < -0.3 is 4.74 Å². The molecular formula is C41H82Cl2O2. The van der Waals surface area contributed by atoms with E-state index in [1.54, 1.807) is 0 Å². The quantitative estimate of drug-likeness (QED) is 0.0372. The van der Waals surface area contributed by atoms with Crippen LogP contribution < -0.4 is 0 Å². The van der Waals surface area contributed by atoms with Crippen molar-refractivity contribution in [1.29, 1.82) is 0 Å². The largest absolute Gasteiger partial charge is 0.449 e. The third-order valence-electron chi connectivity index (χ3n) is 9.19. The molecule has 0 aliphatic heterocycles. The number of halogens is 2. The number of unbranched alkanes of at least 4 members (excludes halogenated alkanes) is 33. The van der Waals surface area contributed by atoms with Gasteiger partial charge in [0.05, 0.1) is 0 Å². The third kappa shape index (κ3) is 48.6. The van der Waals surface area contributed by atoms with Gasteiger partial charge in [0.1, 0.15) is 0 Å². The smallest absolute Gasteiger partial charge is 0.306 e. The third-order valence-corrected chi connectivity index (χ3v) is 9.56. The van der Waals surface area contributed by atoms with Gasteiger partial charge in [-0.05, 0) is 12.8 Å². The van der Waals surface area contributed by atoms with Crippen molar-refractivity contribution in [1.82, 2.24) is 0 Å². The number of esters is 1. The van der Waals surface area contributed by atoms with E-state index in [1.807, 2.05) is 0 Å². The predicted molar refractivity (Wildman–Crippen MR) is 205 cm³/mol. The van der Waals surface area contributed by atoms with Crippen LogP contribution in [0, 0.1) is 0 Å². The molecule has 4 heteroatoms. The highest BCUT2D eigenvalue weighted by Crippen LogP contribution is 2.16. The molecule has 0 radical (unpaired) electrons. The Bertz CT molecular complexity index is 496. The Morgan fingerprint density at radius 1 is 0.356 bits per heavy atom. The summed E-state index contributed by atoms with van der Waals surface area (Å²) in [6, 6.07) is -0.0161. The van der Waals surface area contributed by atoms with Crippen LogP contribution in [0.2, 0.25) is 0 Å². The van der Waals surface area contributed by atoms with Crippen molar-refractivity contribution in [2.45, 2.75) is 245 Å². The highest BCUT2D eigenvalue weighted by atomic mass is 35.5. The molecule has 0 N–H and O–H groups in total. The molecule has 0 bridgehead atoms. The Balaban J connectivity index is 0. The number of ether oxygens (including phenoxy) is 1. The van der Waals surface area contributed by atoms with Crippen LogP contribution in [0.1, 0.15) is 245 Å². The van der Waals surface area contributed by atoms with Crippen molar-refractivity contribution >= 4 is 29.2 Å². The van der Waals surface area contributed by atoms with Gasteiger partial charge in [-0.3, -0.25) is 4.79 Å². The number of carbonyl (C=O) groups excluding carboxylic acids is 1. The molecule has 0 fully saturated rings. The van der Waals surface area contributed by atoms with E-state index < -0.39 is 0 Å². The van der Waals surface area contributed by atoms with Crippen molar-refractivity contribution in [3.63, 3.8) is 0 Å². The van der Waals surface area contributed by atoms with Crippen LogP contribution in [0.3, 0.4) is 0 Å². The normalized spacial score (nSPS) is 11.0. The molecule has 0 heterocycles. The SMILES string of the molecule is CCCCCCCCCCCCCCCCCCCC(=O)OCCl.CCCCCCCCCCCCCCCCCCCCCl. The molecule has 0 aliphatic rings. The van der Waals surface area contributed by atoms with Crippen molar-refractivity contribution in [3.05, 3.63) is 0 Å². The van der Waals surface area contributed by atoms with Crippen LogP contribution in [0.25, 0.3) is 0 Å². The monoisotopic (exact) mass is 677 g/mol. The Hall–Kier alpha value is 0.0500. The predicted octanol–water partition coefficient (Wildman–Crippen LogP) is 16.0. The van der Waals surface area contributed by atoms with Crippen LogP contribution in [0.4, 0.5) is 0 Å². The van der Waals surface area contributed by atoms with Gasteiger partial charge in [0.15, 0.2) is 6.07 Å². The molecule has 0 aromatic rings. The number of alkyl halides is 2. The molecule has 0 rings (SSSR count). The van der Waals surface area contributed by atoms with Crippen molar-refractivity contribution in [3.8, 4) is 0 Å². The zero-order valence-electron chi connectivity index (χ0n) is 30.9. The van der Waals surface area contributed by atoms with Gasteiger partial charge >= 0.3 is 5.97 Å². The second kappa shape index (κ2) is 46.2. The van der Waals surface area contributed by atoms with Crippen molar-refractivity contribution in [2.24, 2.45) is 0 Å². The van der Waals surface area contributed by atoms with Crippen LogP contribution in [-0.2, 0) is 9.53 Å². The minimum absolute atomic E-state index is 0.0161. The minimum Gasteiger partial charge on any atom is -0.449 e. The maximum absolute atomic E-state index is 11.1. The summed E-state index contributed by atoms with van der Waals surface area (Å²) >= 11 is 11.0. The van der Waals surface area contributed by atoms with E-state index in [-0.39, 0.29) is 12.0 Å². The molecule has 0 amide bonds. The topological polar surface area (TPSA) is 26.3 Å². The molecular weight excluding hydrogens is 595 g/mol. The maximum Gasteiger partial charge on any atom is 0.306 e. The molecule has 0 atom stereocenters. The van der Waals surface area contributed by atoms with E-state index in [1.165, 1.54) is 212 Å². The molecule has 0 aliphatic carbocycles. The lowest BCUT2D eigenvalue weighted by Gasteiger charge is -2.04. The maximum atomic E-state index is 11.1. The Kier molecular flexibility index (Phi) is 48.4. The first kappa shape index (κ1) is 47.2. The summed E-state index contributed by atoms with van der Waals surface area (Å²) in [6.07, 6.45) is 49.3. The van der Waals surface area contributed by atoms with E-state index in [2.05, 4.69) is 13.8 Å². The van der Waals surface area contributed by atoms with E-state index in [0.29, 0.717) is 6.42 Å². The molecule has 272 valence electrons. The molecule has 0 saturated carbocycles. The summed E-state index contributed by atoms with van der Waals surface area (Å²) in [5, 5.41) is 0. The van der Waals surface area contributed by atoms with E-state index in [0.717, 1.165) is 18.7 Å². The lowest BCUT2D eigenvalue weighted by Crippen LogP contribution is -2.01. The van der Waals surface area contributed by atoms with Gasteiger partial charge in [-0.2, -0.15) is 0 Å². The average Bonchev–Trinajstić information content (AvgIpc) is 3.04. The van der Waals surface area contributed by atoms with Gasteiger partial charge in [0.2, 0.25) is 0 Å². The average molecular weight is 678 g/mol. The first-order chi connectivity index (χ1) is 22.2. The van der Waals surface area contributed by atoms with Gasteiger partial charge in [-0.25, -0.2) is 0 Å². The molecule has 0 spiro atoms. The molecule has 0 aromatic carbocycles. The lowest BCUT2D eigenvalue weighted by molar-refractivity contribution is -0.141. The van der Waals surface area contributed by atoms with Crippen LogP contribution in [-0.4, -0.2) is 17.9 Å². The van der Waals surface area contributed by atoms with Gasteiger partial charge in [0.25, 0.3) is 0 Å². The first-order valence-electron chi connectivity index (χ1n) is 20.5. The highest BCUT2D eigenvalue weighted by molar-refractivity contribution is 6.17. The Morgan fingerprint density at radius 2 is 0.578 bits per heavy atom. The number of hydrogen-bond donors (Lipinski definition) is 0. The van der Waals surface area contributed by atoms with Crippen LogP contribution in [0.5, 0.6) is 0 Å². The fourth-order valence-electron chi connectivity index (χ4n) is 6.12. The number of rotatable bonds is 37. The van der Waals surface area contributed by atoms with Gasteiger partial charge in [-0.1, -0.05) is 237 Å². The molecule has 0 saturated heterocycles. The van der Waals surface area contributed by atoms with E-state index in [4.69, 9.17) is 27.9 Å². The highest BCUT2D eigenvalue weighted by Gasteiger charge is 2.01. The van der Waals surface area contributed by atoms with Crippen LogP contribution >= 0.6 is 23.2 Å². The first-order valence-corrected chi connectivity index (χ1v) is 21.6. The summed E-state index contributed by atoms with van der Waals surface area (Å²) in [5.74, 6) is 0.685. The summed E-state index contributed by atoms with van der Waals surface area (Å²) in [7, 11) is 0. The summed E-state index contributed by atoms with van der Waals surface area (Å²) in [4.78, 5) is 11.1. The van der Waals surface area contributed by atoms with Crippen molar-refractivity contribution < 1.29 is 9.53 Å². The standard InChI is InChI=1S/C21H41ClO2.C20H41Cl/c1-2-3-4-5-6-7-8-9-10-11-12-13-14-15-16-17-18-19-21(23)24-20-22;1-2-3-4-5-6-7-8-9-10-11-12-13-14-15-16-17-18-19-20-21/h2-20H2,1H3;2-20H2,1H3. The fourth-order valence-corrected chi connectivity index (χ4v) is 6.43. The summed E-state index contributed by atoms with van der Waals surface area (Å²) < 4.78 is 4.70. The molecule has 0 aromatic heterocycles. The summed E-state index contributed by atoms with van der Waals surface area (Å²) in [5.41, 5.74) is 0. The molecule has 45 heavy (non-hydrogen) atoms. The molecule has 2 nitrogen and oxygen atoms in total. The number of carbonyl (C=O) groups is 1. The second-order valence-corrected chi connectivity index (χ2v) is 14.3. The Labute approximate surface area is 294 Å². The zero-order valence-corrected chi connectivity index (χ0v) is 32.5. The van der Waals surface area contributed by atoms with E-state index >= 15 is 0 Å². The molecule has 0 unspecified atom stereocenters. The Morgan fingerprint density at radius 3 is 0.800 bits per heavy atom. The van der Waals surface area contributed by atoms with Crippen LogP contribution in [0.15, 0.2) is 0 Å². The zero-order chi connectivity index (χ0) is 33.2. The second-order valence-electron chi connectivity index (χ2n) is 13.7.